The van der Waals surface area contributed by atoms with Crippen LogP contribution in [-0.2, 0) is 14.3 Å². The van der Waals surface area contributed by atoms with E-state index in [1.54, 1.807) is 9.80 Å². The number of nitrogens with zero attached hydrogens (tertiary/aromatic N) is 2. The van der Waals surface area contributed by atoms with Gasteiger partial charge in [0.15, 0.2) is 0 Å². The number of carbonyl (C=O) groups excluding carboxylic acids is 2. The smallest absolute Gasteiger partial charge is 0.245 e. The summed E-state index contributed by atoms with van der Waals surface area (Å²) in [5, 5.41) is 0. The van der Waals surface area contributed by atoms with Gasteiger partial charge in [0.05, 0.1) is 13.2 Å². The summed E-state index contributed by atoms with van der Waals surface area (Å²) >= 11 is 0. The van der Waals surface area contributed by atoms with Crippen molar-refractivity contribution in [2.45, 2.75) is 32.2 Å². The first-order valence-electron chi connectivity index (χ1n) is 6.90. The average molecular weight is 266 g/mol. The highest BCUT2D eigenvalue weighted by atomic mass is 16.5. The van der Waals surface area contributed by atoms with Crippen molar-refractivity contribution in [3.8, 4) is 0 Å². The van der Waals surface area contributed by atoms with E-state index in [9.17, 15) is 9.59 Å². The van der Waals surface area contributed by atoms with Crippen LogP contribution in [0.1, 0.15) is 26.2 Å². The Morgan fingerprint density at radius 1 is 1.42 bits per heavy atom. The van der Waals surface area contributed by atoms with Crippen LogP contribution in [-0.4, -0.2) is 60.5 Å². The van der Waals surface area contributed by atoms with Crippen LogP contribution in [0.3, 0.4) is 0 Å². The molecule has 2 heterocycles. The highest BCUT2D eigenvalue weighted by molar-refractivity contribution is 5.90. The van der Waals surface area contributed by atoms with Gasteiger partial charge in [-0.05, 0) is 19.8 Å². The normalized spacial score (nSPS) is 23.5. The molecular formula is C14H22N2O3. The van der Waals surface area contributed by atoms with Crippen LogP contribution in [0.2, 0.25) is 0 Å². The molecule has 0 N–H and O–H groups in total. The number of hydrogen-bond acceptors (Lipinski definition) is 3. The maximum absolute atomic E-state index is 12.4. The molecule has 0 aromatic heterocycles. The number of rotatable bonds is 5. The van der Waals surface area contributed by atoms with Crippen molar-refractivity contribution in [3.63, 3.8) is 0 Å². The van der Waals surface area contributed by atoms with E-state index in [-0.39, 0.29) is 17.9 Å². The number of carbonyl (C=O) groups is 2. The molecule has 0 radical (unpaired) electrons. The van der Waals surface area contributed by atoms with Gasteiger partial charge in [0, 0.05) is 26.1 Å². The van der Waals surface area contributed by atoms with E-state index >= 15 is 0 Å². The SMILES string of the molecule is C=C(C)COCCN1CCC(=O)N2CCCC2C1=O. The van der Waals surface area contributed by atoms with Crippen LogP contribution in [0.4, 0.5) is 0 Å². The summed E-state index contributed by atoms with van der Waals surface area (Å²) in [6.45, 7) is 8.50. The quantitative estimate of drug-likeness (QED) is 0.546. The van der Waals surface area contributed by atoms with E-state index in [4.69, 9.17) is 4.74 Å². The first kappa shape index (κ1) is 14.1. The van der Waals surface area contributed by atoms with Gasteiger partial charge in [-0.25, -0.2) is 0 Å². The first-order chi connectivity index (χ1) is 9.09. The van der Waals surface area contributed by atoms with Crippen molar-refractivity contribution < 1.29 is 14.3 Å². The molecule has 19 heavy (non-hydrogen) atoms. The molecule has 0 spiro atoms. The number of ether oxygens (including phenoxy) is 1. The molecule has 106 valence electrons. The lowest BCUT2D eigenvalue weighted by atomic mass is 10.2. The Kier molecular flexibility index (Phi) is 4.58. The molecule has 2 fully saturated rings. The van der Waals surface area contributed by atoms with Gasteiger partial charge in [-0.15, -0.1) is 0 Å². The first-order valence-corrected chi connectivity index (χ1v) is 6.90. The van der Waals surface area contributed by atoms with Crippen LogP contribution >= 0.6 is 0 Å². The van der Waals surface area contributed by atoms with Crippen molar-refractivity contribution >= 4 is 11.8 Å². The molecule has 0 saturated carbocycles. The third kappa shape index (κ3) is 3.35. The summed E-state index contributed by atoms with van der Waals surface area (Å²) in [5.41, 5.74) is 0.972. The highest BCUT2D eigenvalue weighted by Gasteiger charge is 2.38. The minimum Gasteiger partial charge on any atom is -0.375 e. The minimum absolute atomic E-state index is 0.0854. The fourth-order valence-corrected chi connectivity index (χ4v) is 2.66. The Bertz CT molecular complexity index is 381. The van der Waals surface area contributed by atoms with Crippen LogP contribution in [0.15, 0.2) is 12.2 Å². The van der Waals surface area contributed by atoms with Gasteiger partial charge in [0.2, 0.25) is 11.8 Å². The van der Waals surface area contributed by atoms with Crippen LogP contribution < -0.4 is 0 Å². The molecule has 1 atom stereocenters. The van der Waals surface area contributed by atoms with E-state index < -0.39 is 0 Å². The van der Waals surface area contributed by atoms with Crippen molar-refractivity contribution in [2.24, 2.45) is 0 Å². The van der Waals surface area contributed by atoms with Gasteiger partial charge < -0.3 is 14.5 Å². The minimum atomic E-state index is -0.226. The zero-order valence-electron chi connectivity index (χ0n) is 11.6. The van der Waals surface area contributed by atoms with Gasteiger partial charge in [0.25, 0.3) is 0 Å². The summed E-state index contributed by atoms with van der Waals surface area (Å²) in [6.07, 6.45) is 2.17. The van der Waals surface area contributed by atoms with E-state index in [0.717, 1.165) is 25.0 Å². The van der Waals surface area contributed by atoms with Crippen LogP contribution in [0.25, 0.3) is 0 Å². The molecule has 2 saturated heterocycles. The summed E-state index contributed by atoms with van der Waals surface area (Å²) in [7, 11) is 0. The molecule has 1 unspecified atom stereocenters. The van der Waals surface area contributed by atoms with Gasteiger partial charge in [-0.3, -0.25) is 9.59 Å². The average Bonchev–Trinajstić information content (AvgIpc) is 2.81. The maximum Gasteiger partial charge on any atom is 0.245 e. The zero-order chi connectivity index (χ0) is 13.8. The molecule has 2 rings (SSSR count). The summed E-state index contributed by atoms with van der Waals surface area (Å²) < 4.78 is 5.43. The number of fused-ring (bicyclic) bond motifs is 1. The Hall–Kier alpha value is -1.36. The van der Waals surface area contributed by atoms with Gasteiger partial charge in [0.1, 0.15) is 6.04 Å². The second-order valence-corrected chi connectivity index (χ2v) is 5.33. The van der Waals surface area contributed by atoms with Gasteiger partial charge in [-0.2, -0.15) is 0 Å². The molecule has 2 aliphatic heterocycles. The topological polar surface area (TPSA) is 49.9 Å². The van der Waals surface area contributed by atoms with Crippen LogP contribution in [0.5, 0.6) is 0 Å². The summed E-state index contributed by atoms with van der Waals surface area (Å²) in [6, 6.07) is -0.226. The van der Waals surface area contributed by atoms with E-state index in [2.05, 4.69) is 6.58 Å². The fraction of sp³-hybridized carbons (Fsp3) is 0.714. The van der Waals surface area contributed by atoms with Crippen molar-refractivity contribution in [1.82, 2.24) is 9.80 Å². The van der Waals surface area contributed by atoms with E-state index in [0.29, 0.717) is 32.7 Å². The highest BCUT2D eigenvalue weighted by Crippen LogP contribution is 2.23. The van der Waals surface area contributed by atoms with Crippen molar-refractivity contribution in [2.75, 3.05) is 32.8 Å². The molecule has 2 aliphatic rings. The van der Waals surface area contributed by atoms with Crippen molar-refractivity contribution in [1.29, 1.82) is 0 Å². The molecule has 5 heteroatoms. The van der Waals surface area contributed by atoms with E-state index in [1.807, 2.05) is 6.92 Å². The second kappa shape index (κ2) is 6.19. The summed E-state index contributed by atoms with van der Waals surface area (Å²) in [4.78, 5) is 27.8. The zero-order valence-corrected chi connectivity index (χ0v) is 11.6. The van der Waals surface area contributed by atoms with Crippen LogP contribution in [0, 0.1) is 0 Å². The molecule has 5 nitrogen and oxygen atoms in total. The molecule has 0 aromatic carbocycles. The lowest BCUT2D eigenvalue weighted by Gasteiger charge is -2.25. The maximum atomic E-state index is 12.4. The predicted molar refractivity (Wildman–Crippen MR) is 71.6 cm³/mol. The Balaban J connectivity index is 1.88. The predicted octanol–water partition coefficient (Wildman–Crippen LogP) is 0.802. The molecule has 0 aromatic rings. The monoisotopic (exact) mass is 266 g/mol. The van der Waals surface area contributed by atoms with Crippen molar-refractivity contribution in [3.05, 3.63) is 12.2 Å². The molecular weight excluding hydrogens is 244 g/mol. The van der Waals surface area contributed by atoms with Gasteiger partial charge >= 0.3 is 0 Å². The number of hydrogen-bond donors (Lipinski definition) is 0. The largest absolute Gasteiger partial charge is 0.375 e. The fourth-order valence-electron chi connectivity index (χ4n) is 2.66. The number of amides is 2. The third-order valence-electron chi connectivity index (χ3n) is 3.62. The standard InChI is InChI=1S/C14H22N2O3/c1-11(2)10-19-9-8-15-7-5-13(17)16-6-3-4-12(16)14(15)18/h12H,1,3-10H2,2H3. The Labute approximate surface area is 114 Å². The second-order valence-electron chi connectivity index (χ2n) is 5.33. The summed E-state index contributed by atoms with van der Waals surface area (Å²) in [5.74, 6) is 0.198. The van der Waals surface area contributed by atoms with Gasteiger partial charge in [-0.1, -0.05) is 12.2 Å². The lowest BCUT2D eigenvalue weighted by Crippen LogP contribution is -2.44. The van der Waals surface area contributed by atoms with E-state index in [1.165, 1.54) is 0 Å². The Morgan fingerprint density at radius 3 is 2.95 bits per heavy atom. The molecule has 0 bridgehead atoms. The molecule has 0 aliphatic carbocycles. The lowest BCUT2D eigenvalue weighted by molar-refractivity contribution is -0.139. The molecule has 2 amide bonds. The Morgan fingerprint density at radius 2 is 2.21 bits per heavy atom. The third-order valence-corrected chi connectivity index (χ3v) is 3.62.